The van der Waals surface area contributed by atoms with Crippen LogP contribution >= 0.6 is 0 Å². The minimum absolute atomic E-state index is 0.0286. The first-order valence-corrected chi connectivity index (χ1v) is 11.5. The monoisotopic (exact) mass is 578 g/mol. The van der Waals surface area contributed by atoms with E-state index < -0.39 is 35.0 Å². The van der Waals surface area contributed by atoms with E-state index in [-0.39, 0.29) is 52.1 Å². The molecule has 0 amide bonds. The van der Waals surface area contributed by atoms with E-state index in [2.05, 4.69) is 16.3 Å². The van der Waals surface area contributed by atoms with Gasteiger partial charge in [0.05, 0.1) is 46.9 Å². The topological polar surface area (TPSA) is 312 Å². The van der Waals surface area contributed by atoms with Crippen LogP contribution in [0.5, 0.6) is 0 Å². The normalized spacial score (nSPS) is 11.2. The number of carbonyl (C=O) groups excluding carboxylic acids is 4. The summed E-state index contributed by atoms with van der Waals surface area (Å²) in [6.45, 7) is 1.92. The molecule has 0 fully saturated rings. The summed E-state index contributed by atoms with van der Waals surface area (Å²) < 4.78 is 0. The van der Waals surface area contributed by atoms with E-state index in [0.717, 1.165) is 41.4 Å². The van der Waals surface area contributed by atoms with Crippen LogP contribution in [0.3, 0.4) is 0 Å². The number of nitrogens with zero attached hydrogens (tertiary/aromatic N) is 6. The van der Waals surface area contributed by atoms with E-state index in [1.54, 1.807) is 0 Å². The SMILES string of the molecule is CCCCN(c1cc(C(=O)[O-])ccc1C(=O)[O-])/[N+]([O-])=N/O.[NH3+]CCN(c1cc(C(=O)[O-])ccc1C(=O)[O-])/[N+]([O-])=N/O. The summed E-state index contributed by atoms with van der Waals surface area (Å²) in [5.41, 5.74) is 1.42. The van der Waals surface area contributed by atoms with E-state index in [9.17, 15) is 50.0 Å². The molecule has 0 heterocycles. The fourth-order valence-electron chi connectivity index (χ4n) is 3.24. The molecular weight excluding hydrogens is 554 g/mol. The zero-order chi connectivity index (χ0) is 31.3. The van der Waals surface area contributed by atoms with E-state index in [4.69, 9.17) is 10.4 Å². The number of anilines is 2. The van der Waals surface area contributed by atoms with E-state index in [0.29, 0.717) is 17.9 Å². The molecule has 0 radical (unpaired) electrons. The molecule has 0 aliphatic carbocycles. The summed E-state index contributed by atoms with van der Waals surface area (Å²) in [5, 5.41) is 89.9. The molecule has 0 atom stereocenters. The molecule has 0 spiro atoms. The van der Waals surface area contributed by atoms with Crippen molar-refractivity contribution in [2.75, 3.05) is 29.7 Å². The first-order chi connectivity index (χ1) is 19.3. The second-order valence-electron chi connectivity index (χ2n) is 7.75. The number of hydrogen-bond donors (Lipinski definition) is 3. The smallest absolute Gasteiger partial charge is 0.231 e. The fourth-order valence-corrected chi connectivity index (χ4v) is 3.24. The predicted molar refractivity (Wildman–Crippen MR) is 123 cm³/mol. The maximum atomic E-state index is 11.5. The van der Waals surface area contributed by atoms with Crippen molar-refractivity contribution in [2.24, 2.45) is 10.6 Å². The molecule has 222 valence electrons. The Morgan fingerprint density at radius 2 is 1.15 bits per heavy atom. The Hall–Kier alpha value is -5.72. The number of carbonyl (C=O) groups is 4. The molecule has 0 saturated heterocycles. The number of quaternary nitrogens is 1. The van der Waals surface area contributed by atoms with Crippen molar-refractivity contribution in [1.29, 1.82) is 0 Å². The van der Waals surface area contributed by atoms with Gasteiger partial charge in [-0.2, -0.15) is 0 Å². The Morgan fingerprint density at radius 3 is 1.44 bits per heavy atom. The number of unbranched alkanes of at least 4 members (excludes halogenated alkanes) is 1. The van der Waals surface area contributed by atoms with Gasteiger partial charge in [0.2, 0.25) is 10.6 Å². The summed E-state index contributed by atoms with van der Waals surface area (Å²) in [5.74, 6) is -6.30. The molecule has 0 aromatic heterocycles. The lowest BCUT2D eigenvalue weighted by molar-refractivity contribution is -0.571. The molecule has 5 N–H and O–H groups in total. The average molecular weight is 578 g/mol. The number of carboxylic acids is 4. The van der Waals surface area contributed by atoms with Gasteiger partial charge in [-0.05, 0) is 29.7 Å². The Morgan fingerprint density at radius 1 is 0.756 bits per heavy atom. The number of hydrogen-bond acceptors (Lipinski definition) is 12. The van der Waals surface area contributed by atoms with E-state index in [1.807, 2.05) is 6.92 Å². The third kappa shape index (κ3) is 8.92. The minimum Gasteiger partial charge on any atom is -0.569 e. The summed E-state index contributed by atoms with van der Waals surface area (Å²) in [6.07, 6.45) is 1.16. The first-order valence-electron chi connectivity index (χ1n) is 11.5. The lowest BCUT2D eigenvalue weighted by Gasteiger charge is -2.21. The Kier molecular flexibility index (Phi) is 12.7. The number of aromatic carboxylic acids is 4. The summed E-state index contributed by atoms with van der Waals surface area (Å²) >= 11 is 0. The van der Waals surface area contributed by atoms with Crippen LogP contribution in [0.25, 0.3) is 0 Å². The molecule has 2 aromatic carbocycles. The highest BCUT2D eigenvalue weighted by Gasteiger charge is 2.22. The molecule has 0 saturated carbocycles. The van der Waals surface area contributed by atoms with Gasteiger partial charge in [-0.1, -0.05) is 37.6 Å². The van der Waals surface area contributed by atoms with Crippen molar-refractivity contribution >= 4 is 35.3 Å². The van der Waals surface area contributed by atoms with Gasteiger partial charge in [-0.15, -0.1) is 10.0 Å². The molecule has 19 heteroatoms. The van der Waals surface area contributed by atoms with Gasteiger partial charge < -0.3 is 66.2 Å². The number of rotatable bonds is 13. The van der Waals surface area contributed by atoms with Crippen molar-refractivity contribution in [3.05, 3.63) is 69.1 Å². The van der Waals surface area contributed by atoms with Gasteiger partial charge in [0, 0.05) is 11.1 Å². The molecule has 41 heavy (non-hydrogen) atoms. The van der Waals surface area contributed by atoms with Crippen LogP contribution in [-0.4, -0.2) is 63.9 Å². The Bertz CT molecular complexity index is 1330. The standard InChI is InChI=1S/C12H15N3O6.C10H12N4O6/c1-2-3-6-14(15(21)13-20)10-7-8(11(16)17)4-5-9(10)12(18)19;11-3-4-13(14(20)12-19)8-5-6(9(15)16)1-2-7(8)10(17)18/h4-5,7,20H,2-3,6H2,1H3,(H,16,17)(H,18,19);1-2,5,19H,3-4,11H2,(H,15,16)(H,17,18)/p-3/b15-13-;14-12-. The molecule has 0 aliphatic heterocycles. The van der Waals surface area contributed by atoms with Gasteiger partial charge >= 0.3 is 0 Å². The Labute approximate surface area is 230 Å². The highest BCUT2D eigenvalue weighted by Crippen LogP contribution is 2.24. The molecule has 0 bridgehead atoms. The van der Waals surface area contributed by atoms with Gasteiger partial charge in [0.15, 0.2) is 0 Å². The fraction of sp³-hybridized carbons (Fsp3) is 0.273. The zero-order valence-corrected chi connectivity index (χ0v) is 21.4. The van der Waals surface area contributed by atoms with Crippen LogP contribution in [0.15, 0.2) is 47.0 Å². The zero-order valence-electron chi connectivity index (χ0n) is 21.4. The number of carboxylic acid groups (broad SMARTS) is 4. The van der Waals surface area contributed by atoms with Crippen molar-refractivity contribution < 1.29 is 65.7 Å². The van der Waals surface area contributed by atoms with Crippen molar-refractivity contribution in [3.63, 3.8) is 0 Å². The molecular formula is C22H24N7O12-3. The lowest BCUT2D eigenvalue weighted by Crippen LogP contribution is -2.56. The molecule has 2 aromatic rings. The van der Waals surface area contributed by atoms with Crippen LogP contribution in [0.1, 0.15) is 61.2 Å². The highest BCUT2D eigenvalue weighted by atomic mass is 16.6. The lowest BCUT2D eigenvalue weighted by atomic mass is 10.1. The third-order valence-electron chi connectivity index (χ3n) is 5.12. The van der Waals surface area contributed by atoms with Crippen LogP contribution in [-0.2, 0) is 0 Å². The summed E-state index contributed by atoms with van der Waals surface area (Å²) in [4.78, 5) is 43.2. The van der Waals surface area contributed by atoms with Gasteiger partial charge in [-0.25, -0.2) is 0 Å². The van der Waals surface area contributed by atoms with Crippen LogP contribution < -0.4 is 36.2 Å². The first kappa shape index (κ1) is 33.3. The van der Waals surface area contributed by atoms with Crippen LogP contribution in [0, 0.1) is 10.4 Å². The highest BCUT2D eigenvalue weighted by molar-refractivity contribution is 5.97. The maximum absolute atomic E-state index is 11.5. The second-order valence-corrected chi connectivity index (χ2v) is 7.75. The maximum Gasteiger partial charge on any atom is 0.231 e. The second kappa shape index (κ2) is 15.6. The van der Waals surface area contributed by atoms with Gasteiger partial charge in [-0.3, -0.25) is 0 Å². The average Bonchev–Trinajstić information content (AvgIpc) is 2.95. The van der Waals surface area contributed by atoms with E-state index in [1.165, 1.54) is 0 Å². The molecule has 2 rings (SSSR count). The Balaban J connectivity index is 0.000000410. The minimum atomic E-state index is -1.62. The number of hydrazine groups is 2. The quantitative estimate of drug-likeness (QED) is 0.116. The summed E-state index contributed by atoms with van der Waals surface area (Å²) in [6, 6.07) is 5.82. The van der Waals surface area contributed by atoms with Crippen molar-refractivity contribution in [2.45, 2.75) is 19.8 Å². The van der Waals surface area contributed by atoms with Crippen LogP contribution in [0.4, 0.5) is 11.4 Å². The molecule has 0 unspecified atom stereocenters. The molecule has 0 aliphatic rings. The van der Waals surface area contributed by atoms with Crippen molar-refractivity contribution in [3.8, 4) is 0 Å². The third-order valence-corrected chi connectivity index (χ3v) is 5.12. The van der Waals surface area contributed by atoms with E-state index >= 15 is 0 Å². The number of benzene rings is 2. The molecule has 19 nitrogen and oxygen atoms in total. The van der Waals surface area contributed by atoms with Gasteiger partial charge in [0.1, 0.15) is 17.9 Å². The largest absolute Gasteiger partial charge is 0.569 e. The van der Waals surface area contributed by atoms with Crippen LogP contribution in [0.2, 0.25) is 0 Å². The summed E-state index contributed by atoms with van der Waals surface area (Å²) in [7, 11) is 0. The van der Waals surface area contributed by atoms with Gasteiger partial charge in [0.25, 0.3) is 0 Å². The predicted octanol–water partition coefficient (Wildman–Crippen LogP) is -3.98. The van der Waals surface area contributed by atoms with Crippen molar-refractivity contribution in [1.82, 2.24) is 0 Å².